The van der Waals surface area contributed by atoms with Gasteiger partial charge in [0.05, 0.1) is 7.11 Å². The maximum absolute atomic E-state index is 11.7. The molecule has 2 aromatic carbocycles. The van der Waals surface area contributed by atoms with Crippen LogP contribution in [0.4, 0.5) is 5.69 Å². The third-order valence-corrected chi connectivity index (χ3v) is 4.97. The monoisotopic (exact) mass is 354 g/mol. The molecular weight excluding hydrogens is 332 g/mol. The zero-order chi connectivity index (χ0) is 18.3. The Bertz CT molecular complexity index is 865. The molecule has 4 rings (SSSR count). The summed E-state index contributed by atoms with van der Waals surface area (Å²) in [5, 5.41) is 3.55. The predicted octanol–water partition coefficient (Wildman–Crippen LogP) is 3.23. The number of benzene rings is 2. The Morgan fingerprint density at radius 1 is 1.31 bits per heavy atom. The van der Waals surface area contributed by atoms with E-state index in [4.69, 9.17) is 14.2 Å². The van der Waals surface area contributed by atoms with Crippen molar-refractivity contribution in [1.82, 2.24) is 4.90 Å². The van der Waals surface area contributed by atoms with Crippen molar-refractivity contribution >= 4 is 11.5 Å². The minimum absolute atomic E-state index is 0.0481. The summed E-state index contributed by atoms with van der Waals surface area (Å²) in [4.78, 5) is 13.9. The number of nitrogens with one attached hydrogen (secondary N) is 1. The number of anilines is 1. The van der Waals surface area contributed by atoms with Crippen molar-refractivity contribution < 1.29 is 19.0 Å². The molecule has 2 heterocycles. The summed E-state index contributed by atoms with van der Waals surface area (Å²) in [5.41, 5.74) is 3.82. The molecule has 1 unspecified atom stereocenters. The average molecular weight is 354 g/mol. The number of ether oxygens (including phenoxy) is 3. The summed E-state index contributed by atoms with van der Waals surface area (Å²) in [7, 11) is 3.72. The number of hydrogen-bond acceptors (Lipinski definition) is 6. The van der Waals surface area contributed by atoms with Crippen molar-refractivity contribution in [3.05, 3.63) is 47.0 Å². The third-order valence-electron chi connectivity index (χ3n) is 4.97. The van der Waals surface area contributed by atoms with Crippen molar-refractivity contribution in [1.29, 1.82) is 0 Å². The van der Waals surface area contributed by atoms with E-state index in [1.54, 1.807) is 14.0 Å². The summed E-state index contributed by atoms with van der Waals surface area (Å²) in [6, 6.07) is 9.61. The molecule has 0 saturated carbocycles. The lowest BCUT2D eigenvalue weighted by molar-refractivity contribution is 0.101. The summed E-state index contributed by atoms with van der Waals surface area (Å²) in [5.74, 6) is 2.15. The van der Waals surface area contributed by atoms with Gasteiger partial charge in [-0.2, -0.15) is 0 Å². The lowest BCUT2D eigenvalue weighted by atomic mass is 9.94. The Hall–Kier alpha value is -2.73. The van der Waals surface area contributed by atoms with E-state index in [0.717, 1.165) is 30.0 Å². The minimum atomic E-state index is -0.0922. The molecule has 0 fully saturated rings. The number of nitrogens with zero attached hydrogens (tertiary/aromatic N) is 1. The number of hydrogen-bond donors (Lipinski definition) is 1. The fourth-order valence-corrected chi connectivity index (χ4v) is 3.60. The Balaban J connectivity index is 1.76. The summed E-state index contributed by atoms with van der Waals surface area (Å²) in [6.45, 7) is 2.69. The molecule has 1 atom stereocenters. The molecule has 26 heavy (non-hydrogen) atoms. The normalized spacial score (nSPS) is 18.3. The Morgan fingerprint density at radius 2 is 2.15 bits per heavy atom. The van der Waals surface area contributed by atoms with Gasteiger partial charge in [0.1, 0.15) is 6.17 Å². The van der Waals surface area contributed by atoms with Gasteiger partial charge in [0.25, 0.3) is 0 Å². The number of carbonyl (C=O) groups excluding carboxylic acids is 1. The van der Waals surface area contributed by atoms with Gasteiger partial charge < -0.3 is 19.5 Å². The van der Waals surface area contributed by atoms with Crippen LogP contribution in [0.5, 0.6) is 17.2 Å². The van der Waals surface area contributed by atoms with E-state index in [2.05, 4.69) is 17.3 Å². The molecule has 2 aromatic rings. The minimum Gasteiger partial charge on any atom is -0.492 e. The van der Waals surface area contributed by atoms with Gasteiger partial charge in [0, 0.05) is 23.4 Å². The number of Topliss-reactive ketones (excluding diaryl/α,β-unsaturated/α-hetero) is 1. The number of rotatable bonds is 4. The van der Waals surface area contributed by atoms with Crippen molar-refractivity contribution in [2.45, 2.75) is 19.5 Å². The molecule has 0 amide bonds. The first-order valence-electron chi connectivity index (χ1n) is 8.65. The van der Waals surface area contributed by atoms with Crippen molar-refractivity contribution in [2.24, 2.45) is 0 Å². The van der Waals surface area contributed by atoms with Crippen LogP contribution in [0.2, 0.25) is 0 Å². The summed E-state index contributed by atoms with van der Waals surface area (Å²) >= 11 is 0. The highest BCUT2D eigenvalue weighted by Crippen LogP contribution is 2.49. The van der Waals surface area contributed by atoms with Crippen LogP contribution in [0, 0.1) is 0 Å². The molecule has 0 saturated heterocycles. The Labute approximate surface area is 152 Å². The number of likely N-dealkylation sites (N-methyl/N-ethyl adjacent to an activating group) is 1. The first-order chi connectivity index (χ1) is 12.6. The van der Waals surface area contributed by atoms with E-state index in [0.29, 0.717) is 17.1 Å². The molecule has 136 valence electrons. The number of methoxy groups -OCH3 is 1. The zero-order valence-electron chi connectivity index (χ0n) is 15.2. The van der Waals surface area contributed by atoms with E-state index in [9.17, 15) is 4.79 Å². The largest absolute Gasteiger partial charge is 0.492 e. The standard InChI is InChI=1S/C20H22N2O4/c1-12(23)13-5-4-6-15(9-13)21-20-17-14(7-8-22(20)2)10-16-18(19(17)24-3)26-11-25-16/h4-6,9-10,20-21H,7-8,11H2,1-3H3. The molecule has 0 bridgehead atoms. The van der Waals surface area contributed by atoms with E-state index < -0.39 is 0 Å². The average Bonchev–Trinajstić information content (AvgIpc) is 3.10. The molecule has 1 N–H and O–H groups in total. The predicted molar refractivity (Wildman–Crippen MR) is 98.3 cm³/mol. The van der Waals surface area contributed by atoms with Crippen LogP contribution in [0.25, 0.3) is 0 Å². The van der Waals surface area contributed by atoms with E-state index in [1.807, 2.05) is 30.3 Å². The van der Waals surface area contributed by atoms with E-state index >= 15 is 0 Å². The molecule has 0 radical (unpaired) electrons. The van der Waals surface area contributed by atoms with Crippen LogP contribution in [-0.2, 0) is 6.42 Å². The van der Waals surface area contributed by atoms with Gasteiger partial charge in [0.15, 0.2) is 17.3 Å². The van der Waals surface area contributed by atoms with Gasteiger partial charge in [-0.05, 0) is 44.2 Å². The molecule has 2 aliphatic rings. The fraction of sp³-hybridized carbons (Fsp3) is 0.350. The van der Waals surface area contributed by atoms with Gasteiger partial charge in [-0.3, -0.25) is 9.69 Å². The number of ketones is 1. The number of carbonyl (C=O) groups is 1. The quantitative estimate of drug-likeness (QED) is 0.851. The second-order valence-corrected chi connectivity index (χ2v) is 6.63. The highest BCUT2D eigenvalue weighted by Gasteiger charge is 2.34. The van der Waals surface area contributed by atoms with E-state index in [1.165, 1.54) is 5.56 Å². The highest BCUT2D eigenvalue weighted by atomic mass is 16.7. The summed E-state index contributed by atoms with van der Waals surface area (Å²) < 4.78 is 16.9. The molecule has 6 nitrogen and oxygen atoms in total. The van der Waals surface area contributed by atoms with Crippen LogP contribution >= 0.6 is 0 Å². The van der Waals surface area contributed by atoms with Gasteiger partial charge >= 0.3 is 0 Å². The van der Waals surface area contributed by atoms with E-state index in [-0.39, 0.29) is 18.7 Å². The van der Waals surface area contributed by atoms with Crippen LogP contribution < -0.4 is 19.5 Å². The maximum atomic E-state index is 11.7. The third kappa shape index (κ3) is 2.76. The second kappa shape index (κ2) is 6.53. The topological polar surface area (TPSA) is 60.0 Å². The maximum Gasteiger partial charge on any atom is 0.231 e. The summed E-state index contributed by atoms with van der Waals surface area (Å²) in [6.07, 6.45) is 0.815. The molecule has 0 aliphatic carbocycles. The van der Waals surface area contributed by atoms with Gasteiger partial charge in [0.2, 0.25) is 12.5 Å². The van der Waals surface area contributed by atoms with Crippen LogP contribution in [0.1, 0.15) is 34.6 Å². The second-order valence-electron chi connectivity index (χ2n) is 6.63. The Morgan fingerprint density at radius 3 is 2.92 bits per heavy atom. The highest BCUT2D eigenvalue weighted by molar-refractivity contribution is 5.94. The van der Waals surface area contributed by atoms with Gasteiger partial charge in [-0.15, -0.1) is 0 Å². The van der Waals surface area contributed by atoms with Gasteiger partial charge in [-0.25, -0.2) is 0 Å². The van der Waals surface area contributed by atoms with Gasteiger partial charge in [-0.1, -0.05) is 12.1 Å². The molecule has 0 aromatic heterocycles. The van der Waals surface area contributed by atoms with Crippen LogP contribution in [-0.4, -0.2) is 38.2 Å². The van der Waals surface area contributed by atoms with Crippen molar-refractivity contribution in [3.8, 4) is 17.2 Å². The Kier molecular flexibility index (Phi) is 4.20. The fourth-order valence-electron chi connectivity index (χ4n) is 3.60. The van der Waals surface area contributed by atoms with Crippen molar-refractivity contribution in [3.63, 3.8) is 0 Å². The lowest BCUT2D eigenvalue weighted by Crippen LogP contribution is -2.37. The first-order valence-corrected chi connectivity index (χ1v) is 8.65. The van der Waals surface area contributed by atoms with Crippen LogP contribution in [0.3, 0.4) is 0 Å². The SMILES string of the molecule is COc1c2c(cc3c1C(Nc1cccc(C(C)=O)c1)N(C)CC3)OCO2. The first kappa shape index (κ1) is 16.7. The molecular formula is C20H22N2O4. The van der Waals surface area contributed by atoms with Crippen LogP contribution in [0.15, 0.2) is 30.3 Å². The zero-order valence-corrected chi connectivity index (χ0v) is 15.2. The smallest absolute Gasteiger partial charge is 0.231 e. The number of fused-ring (bicyclic) bond motifs is 2. The molecule has 0 spiro atoms. The lowest BCUT2D eigenvalue weighted by Gasteiger charge is -2.36. The molecule has 6 heteroatoms. The molecule has 2 aliphatic heterocycles. The van der Waals surface area contributed by atoms with Crippen molar-refractivity contribution in [2.75, 3.05) is 32.8 Å².